The standard InChI is InChI=1S/C8H10F3N3O2/c9-8(10,11)6-1-3-14(13-6)5-7(16)12-2-4-15/h1,3,15H,2,4-5H2,(H,12,16). The highest BCUT2D eigenvalue weighted by Gasteiger charge is 2.33. The molecule has 0 aromatic carbocycles. The third kappa shape index (κ3) is 3.54. The van der Waals surface area contributed by atoms with Crippen LogP contribution in [-0.2, 0) is 17.5 Å². The van der Waals surface area contributed by atoms with E-state index in [1.807, 2.05) is 0 Å². The van der Waals surface area contributed by atoms with Gasteiger partial charge in [-0.05, 0) is 6.07 Å². The molecule has 2 N–H and O–H groups in total. The number of aliphatic hydroxyl groups is 1. The lowest BCUT2D eigenvalue weighted by atomic mass is 10.4. The van der Waals surface area contributed by atoms with E-state index in [4.69, 9.17) is 5.11 Å². The monoisotopic (exact) mass is 237 g/mol. The molecular weight excluding hydrogens is 227 g/mol. The molecule has 1 rings (SSSR count). The van der Waals surface area contributed by atoms with Crippen molar-refractivity contribution < 1.29 is 23.1 Å². The highest BCUT2D eigenvalue weighted by atomic mass is 19.4. The maximum atomic E-state index is 12.1. The highest BCUT2D eigenvalue weighted by Crippen LogP contribution is 2.27. The number of carbonyl (C=O) groups is 1. The molecule has 5 nitrogen and oxygen atoms in total. The normalized spacial score (nSPS) is 11.5. The van der Waals surface area contributed by atoms with Crippen LogP contribution in [-0.4, -0.2) is 33.9 Å². The molecule has 16 heavy (non-hydrogen) atoms. The summed E-state index contributed by atoms with van der Waals surface area (Å²) in [7, 11) is 0. The number of hydrogen-bond acceptors (Lipinski definition) is 3. The second-order valence-electron chi connectivity index (χ2n) is 2.97. The Balaban J connectivity index is 2.56. The molecule has 0 aliphatic carbocycles. The van der Waals surface area contributed by atoms with Crippen molar-refractivity contribution in [1.29, 1.82) is 0 Å². The molecule has 0 bridgehead atoms. The topological polar surface area (TPSA) is 67.2 Å². The zero-order chi connectivity index (χ0) is 12.2. The largest absolute Gasteiger partial charge is 0.435 e. The molecule has 0 radical (unpaired) electrons. The molecule has 0 saturated heterocycles. The van der Waals surface area contributed by atoms with Gasteiger partial charge < -0.3 is 10.4 Å². The van der Waals surface area contributed by atoms with E-state index in [1.165, 1.54) is 0 Å². The molecule has 90 valence electrons. The van der Waals surface area contributed by atoms with Crippen molar-refractivity contribution in [2.24, 2.45) is 0 Å². The van der Waals surface area contributed by atoms with Crippen LogP contribution in [0.25, 0.3) is 0 Å². The maximum Gasteiger partial charge on any atom is 0.435 e. The molecule has 1 amide bonds. The van der Waals surface area contributed by atoms with Gasteiger partial charge in [-0.15, -0.1) is 0 Å². The van der Waals surface area contributed by atoms with Gasteiger partial charge in [0.15, 0.2) is 5.69 Å². The van der Waals surface area contributed by atoms with Gasteiger partial charge in [-0.25, -0.2) is 0 Å². The Hall–Kier alpha value is -1.57. The Kier molecular flexibility index (Phi) is 3.88. The number of amides is 1. The molecule has 1 aromatic rings. The summed E-state index contributed by atoms with van der Waals surface area (Å²) in [4.78, 5) is 11.1. The number of aliphatic hydroxyl groups excluding tert-OH is 1. The van der Waals surface area contributed by atoms with Gasteiger partial charge in [-0.3, -0.25) is 9.48 Å². The molecule has 1 aromatic heterocycles. The van der Waals surface area contributed by atoms with Crippen molar-refractivity contribution in [2.75, 3.05) is 13.2 Å². The van der Waals surface area contributed by atoms with Crippen molar-refractivity contribution in [2.45, 2.75) is 12.7 Å². The average molecular weight is 237 g/mol. The first-order valence-corrected chi connectivity index (χ1v) is 4.41. The van der Waals surface area contributed by atoms with Crippen LogP contribution >= 0.6 is 0 Å². The Bertz CT molecular complexity index is 362. The number of hydrogen-bond donors (Lipinski definition) is 2. The first kappa shape index (κ1) is 12.5. The van der Waals surface area contributed by atoms with Gasteiger partial charge in [-0.2, -0.15) is 18.3 Å². The fraction of sp³-hybridized carbons (Fsp3) is 0.500. The number of nitrogens with one attached hydrogen (secondary N) is 1. The maximum absolute atomic E-state index is 12.1. The summed E-state index contributed by atoms with van der Waals surface area (Å²) >= 11 is 0. The summed E-state index contributed by atoms with van der Waals surface area (Å²) in [5.74, 6) is -0.508. The summed E-state index contributed by atoms with van der Waals surface area (Å²) in [6.07, 6.45) is -3.44. The molecule has 0 unspecified atom stereocenters. The highest BCUT2D eigenvalue weighted by molar-refractivity contribution is 5.75. The van der Waals surface area contributed by atoms with E-state index < -0.39 is 17.8 Å². The van der Waals surface area contributed by atoms with E-state index in [1.54, 1.807) is 0 Å². The third-order valence-corrected chi connectivity index (χ3v) is 1.67. The number of nitrogens with zero attached hydrogens (tertiary/aromatic N) is 2. The first-order chi connectivity index (χ1) is 7.43. The van der Waals surface area contributed by atoms with E-state index >= 15 is 0 Å². The van der Waals surface area contributed by atoms with E-state index in [-0.39, 0.29) is 19.7 Å². The average Bonchev–Trinajstić information content (AvgIpc) is 2.62. The van der Waals surface area contributed by atoms with E-state index in [0.29, 0.717) is 0 Å². The van der Waals surface area contributed by atoms with Crippen LogP contribution in [0.15, 0.2) is 12.3 Å². The van der Waals surface area contributed by atoms with Gasteiger partial charge in [0.2, 0.25) is 5.91 Å². The van der Waals surface area contributed by atoms with Crippen molar-refractivity contribution in [3.05, 3.63) is 18.0 Å². The number of rotatable bonds is 4. The summed E-state index contributed by atoms with van der Waals surface area (Å²) in [6.45, 7) is -0.471. The van der Waals surface area contributed by atoms with Gasteiger partial charge in [0, 0.05) is 12.7 Å². The van der Waals surface area contributed by atoms with Crippen LogP contribution in [0.5, 0.6) is 0 Å². The van der Waals surface area contributed by atoms with Crippen LogP contribution < -0.4 is 5.32 Å². The molecule has 0 spiro atoms. The Labute approximate surface area is 88.9 Å². The quantitative estimate of drug-likeness (QED) is 0.775. The van der Waals surface area contributed by atoms with Crippen molar-refractivity contribution in [3.63, 3.8) is 0 Å². The Morgan fingerprint density at radius 2 is 2.25 bits per heavy atom. The van der Waals surface area contributed by atoms with E-state index in [9.17, 15) is 18.0 Å². The zero-order valence-electron chi connectivity index (χ0n) is 8.16. The molecule has 0 fully saturated rings. The van der Waals surface area contributed by atoms with Gasteiger partial charge >= 0.3 is 6.18 Å². The summed E-state index contributed by atoms with van der Waals surface area (Å²) < 4.78 is 37.3. The Morgan fingerprint density at radius 1 is 1.56 bits per heavy atom. The number of carbonyl (C=O) groups excluding carboxylic acids is 1. The summed E-state index contributed by atoms with van der Waals surface area (Å²) in [6, 6.07) is 0.791. The Morgan fingerprint density at radius 3 is 2.75 bits per heavy atom. The predicted molar refractivity (Wildman–Crippen MR) is 47.3 cm³/mol. The third-order valence-electron chi connectivity index (χ3n) is 1.67. The van der Waals surface area contributed by atoms with Crippen LogP contribution in [0.4, 0.5) is 13.2 Å². The van der Waals surface area contributed by atoms with Crippen LogP contribution in [0.2, 0.25) is 0 Å². The fourth-order valence-corrected chi connectivity index (χ4v) is 0.999. The van der Waals surface area contributed by atoms with Gasteiger partial charge in [0.05, 0.1) is 6.61 Å². The smallest absolute Gasteiger partial charge is 0.395 e. The fourth-order valence-electron chi connectivity index (χ4n) is 0.999. The molecule has 0 atom stereocenters. The van der Waals surface area contributed by atoms with Crippen LogP contribution in [0, 0.1) is 0 Å². The SMILES string of the molecule is O=C(Cn1ccc(C(F)(F)F)n1)NCCO. The lowest BCUT2D eigenvalue weighted by Gasteiger charge is -2.03. The molecule has 0 aliphatic heterocycles. The number of halogens is 3. The summed E-state index contributed by atoms with van der Waals surface area (Å²) in [5, 5.41) is 13.9. The minimum absolute atomic E-state index is 0.0617. The van der Waals surface area contributed by atoms with Crippen molar-refractivity contribution in [1.82, 2.24) is 15.1 Å². The van der Waals surface area contributed by atoms with E-state index in [2.05, 4.69) is 10.4 Å². The molecule has 8 heteroatoms. The molecule has 0 aliphatic rings. The number of aromatic nitrogens is 2. The predicted octanol–water partition coefficient (Wildman–Crippen LogP) is 0.0104. The van der Waals surface area contributed by atoms with Crippen molar-refractivity contribution in [3.8, 4) is 0 Å². The van der Waals surface area contributed by atoms with Gasteiger partial charge in [-0.1, -0.05) is 0 Å². The first-order valence-electron chi connectivity index (χ1n) is 4.41. The molecule has 1 heterocycles. The zero-order valence-corrected chi connectivity index (χ0v) is 8.16. The molecular formula is C8H10F3N3O2. The second kappa shape index (κ2) is 4.97. The lowest BCUT2D eigenvalue weighted by molar-refractivity contribution is -0.141. The van der Waals surface area contributed by atoms with Gasteiger partial charge in [0.25, 0.3) is 0 Å². The van der Waals surface area contributed by atoms with Crippen LogP contribution in [0.1, 0.15) is 5.69 Å². The second-order valence-corrected chi connectivity index (χ2v) is 2.97. The number of alkyl halides is 3. The molecule has 0 saturated carbocycles. The van der Waals surface area contributed by atoms with Gasteiger partial charge in [0.1, 0.15) is 6.54 Å². The van der Waals surface area contributed by atoms with E-state index in [0.717, 1.165) is 16.9 Å². The minimum Gasteiger partial charge on any atom is -0.395 e. The lowest BCUT2D eigenvalue weighted by Crippen LogP contribution is -2.30. The van der Waals surface area contributed by atoms with Crippen LogP contribution in [0.3, 0.4) is 0 Å². The minimum atomic E-state index is -4.51. The van der Waals surface area contributed by atoms with Crippen molar-refractivity contribution >= 4 is 5.91 Å². The summed E-state index contributed by atoms with van der Waals surface area (Å²) in [5.41, 5.74) is -1.04.